The average Bonchev–Trinajstić information content (AvgIpc) is 2.69. The van der Waals surface area contributed by atoms with Crippen molar-refractivity contribution in [3.63, 3.8) is 0 Å². The van der Waals surface area contributed by atoms with Crippen LogP contribution in [0.1, 0.15) is 35.5 Å². The minimum absolute atomic E-state index is 0.157. The second kappa shape index (κ2) is 8.31. The predicted molar refractivity (Wildman–Crippen MR) is 116 cm³/mol. The highest BCUT2D eigenvalue weighted by Gasteiger charge is 2.22. The van der Waals surface area contributed by atoms with E-state index in [0.29, 0.717) is 30.0 Å². The molecule has 0 bridgehead atoms. The summed E-state index contributed by atoms with van der Waals surface area (Å²) in [7, 11) is -3.60. The van der Waals surface area contributed by atoms with Crippen molar-refractivity contribution in [2.24, 2.45) is 0 Å². The normalized spacial score (nSPS) is 11.8. The molecule has 1 N–H and O–H groups in total. The van der Waals surface area contributed by atoms with Crippen LogP contribution in [0.5, 0.6) is 0 Å². The lowest BCUT2D eigenvalue weighted by molar-refractivity contribution is 0.102. The number of fused-ring (bicyclic) bond motifs is 1. The van der Waals surface area contributed by atoms with E-state index in [2.05, 4.69) is 10.3 Å². The monoisotopic (exact) mass is 411 g/mol. The summed E-state index contributed by atoms with van der Waals surface area (Å²) in [6.07, 6.45) is 0. The number of hydrogen-bond acceptors (Lipinski definition) is 4. The number of para-hydroxylation sites is 1. The van der Waals surface area contributed by atoms with Crippen molar-refractivity contribution in [1.82, 2.24) is 9.29 Å². The van der Waals surface area contributed by atoms with Crippen LogP contribution in [0.25, 0.3) is 10.9 Å². The van der Waals surface area contributed by atoms with Crippen molar-refractivity contribution in [3.8, 4) is 0 Å². The molecule has 152 valence electrons. The van der Waals surface area contributed by atoms with Crippen LogP contribution in [-0.2, 0) is 10.0 Å². The smallest absolute Gasteiger partial charge is 0.257 e. The molecule has 0 spiro atoms. The Kier molecular flexibility index (Phi) is 6.00. The Morgan fingerprint density at radius 1 is 1.03 bits per heavy atom. The zero-order valence-corrected chi connectivity index (χ0v) is 17.9. The molecular weight excluding hydrogens is 386 g/mol. The molecule has 0 saturated heterocycles. The summed E-state index contributed by atoms with van der Waals surface area (Å²) in [5.74, 6) is -0.310. The molecule has 3 rings (SSSR count). The van der Waals surface area contributed by atoms with Gasteiger partial charge in [-0.1, -0.05) is 38.1 Å². The lowest BCUT2D eigenvalue weighted by Crippen LogP contribution is -2.30. The molecule has 0 aliphatic heterocycles. The molecule has 0 saturated carbocycles. The number of carbonyl (C=O) groups excluding carboxylic acids is 1. The SMILES string of the molecule is CCN(CC)S(=O)(=O)c1cccc(NC(=O)c2c(C)nc3ccccc3c2C)c1. The van der Waals surface area contributed by atoms with Crippen molar-refractivity contribution in [2.75, 3.05) is 18.4 Å². The van der Waals surface area contributed by atoms with Gasteiger partial charge in [0, 0.05) is 24.2 Å². The van der Waals surface area contributed by atoms with Crippen LogP contribution in [0.4, 0.5) is 5.69 Å². The molecule has 29 heavy (non-hydrogen) atoms. The summed E-state index contributed by atoms with van der Waals surface area (Å²) in [4.78, 5) is 17.7. The van der Waals surface area contributed by atoms with Crippen LogP contribution in [0.15, 0.2) is 53.4 Å². The maximum Gasteiger partial charge on any atom is 0.257 e. The summed E-state index contributed by atoms with van der Waals surface area (Å²) < 4.78 is 26.9. The Labute approximate surface area is 171 Å². The van der Waals surface area contributed by atoms with Crippen LogP contribution in [0, 0.1) is 13.8 Å². The van der Waals surface area contributed by atoms with Gasteiger partial charge in [0.15, 0.2) is 0 Å². The molecule has 1 amide bonds. The van der Waals surface area contributed by atoms with Gasteiger partial charge in [0.25, 0.3) is 5.91 Å². The minimum atomic E-state index is -3.60. The highest BCUT2D eigenvalue weighted by Crippen LogP contribution is 2.24. The quantitative estimate of drug-likeness (QED) is 0.661. The van der Waals surface area contributed by atoms with Crippen molar-refractivity contribution in [1.29, 1.82) is 0 Å². The number of pyridine rings is 1. The number of amides is 1. The van der Waals surface area contributed by atoms with Gasteiger partial charge in [0.1, 0.15) is 0 Å². The first-order valence-electron chi connectivity index (χ1n) is 9.57. The molecule has 6 nitrogen and oxygen atoms in total. The number of aromatic nitrogens is 1. The molecule has 0 fully saturated rings. The Bertz CT molecular complexity index is 1170. The van der Waals surface area contributed by atoms with E-state index in [0.717, 1.165) is 16.5 Å². The first-order valence-corrected chi connectivity index (χ1v) is 11.0. The second-order valence-electron chi connectivity index (χ2n) is 6.79. The third-order valence-electron chi connectivity index (χ3n) is 5.00. The first kappa shape index (κ1) is 21.0. The largest absolute Gasteiger partial charge is 0.322 e. The van der Waals surface area contributed by atoms with E-state index in [-0.39, 0.29) is 10.8 Å². The van der Waals surface area contributed by atoms with Crippen molar-refractivity contribution in [2.45, 2.75) is 32.6 Å². The highest BCUT2D eigenvalue weighted by atomic mass is 32.2. The molecular formula is C22H25N3O3S. The molecule has 3 aromatic rings. The van der Waals surface area contributed by atoms with E-state index in [9.17, 15) is 13.2 Å². The number of aryl methyl sites for hydroxylation is 2. The average molecular weight is 412 g/mol. The minimum Gasteiger partial charge on any atom is -0.322 e. The lowest BCUT2D eigenvalue weighted by Gasteiger charge is -2.19. The number of hydrogen-bond donors (Lipinski definition) is 1. The van der Waals surface area contributed by atoms with Crippen molar-refractivity contribution < 1.29 is 13.2 Å². The number of carbonyl (C=O) groups is 1. The molecule has 0 atom stereocenters. The Balaban J connectivity index is 1.96. The van der Waals surface area contributed by atoms with Crippen LogP contribution in [0.3, 0.4) is 0 Å². The molecule has 0 radical (unpaired) electrons. The van der Waals surface area contributed by atoms with Gasteiger partial charge in [-0.3, -0.25) is 9.78 Å². The molecule has 2 aromatic carbocycles. The van der Waals surface area contributed by atoms with Gasteiger partial charge in [0.05, 0.1) is 21.7 Å². The number of rotatable bonds is 6. The summed E-state index contributed by atoms with van der Waals surface area (Å²) in [5, 5.41) is 3.75. The molecule has 0 aliphatic carbocycles. The Morgan fingerprint density at radius 2 is 1.72 bits per heavy atom. The predicted octanol–water partition coefficient (Wildman–Crippen LogP) is 4.13. The fraction of sp³-hybridized carbons (Fsp3) is 0.273. The zero-order valence-electron chi connectivity index (χ0n) is 17.1. The molecule has 1 aromatic heterocycles. The molecule has 0 unspecified atom stereocenters. The van der Waals surface area contributed by atoms with E-state index in [1.54, 1.807) is 32.9 Å². The molecule has 0 aliphatic rings. The molecule has 1 heterocycles. The standard InChI is InChI=1S/C22H25N3O3S/c1-5-25(6-2)29(27,28)18-11-9-10-17(14-18)24-22(26)21-15(3)19-12-7-8-13-20(19)23-16(21)4/h7-14H,5-6H2,1-4H3,(H,24,26). The fourth-order valence-corrected chi connectivity index (χ4v) is 5.01. The molecule has 7 heteroatoms. The van der Waals surface area contributed by atoms with Crippen LogP contribution >= 0.6 is 0 Å². The van der Waals surface area contributed by atoms with Gasteiger partial charge in [-0.2, -0.15) is 4.31 Å². The van der Waals surface area contributed by atoms with E-state index in [4.69, 9.17) is 0 Å². The van der Waals surface area contributed by atoms with E-state index < -0.39 is 10.0 Å². The first-order chi connectivity index (χ1) is 13.8. The lowest BCUT2D eigenvalue weighted by atomic mass is 10.0. The van der Waals surface area contributed by atoms with E-state index in [1.807, 2.05) is 31.2 Å². The van der Waals surface area contributed by atoms with Gasteiger partial charge in [-0.05, 0) is 43.7 Å². The Morgan fingerprint density at radius 3 is 2.41 bits per heavy atom. The zero-order chi connectivity index (χ0) is 21.2. The maximum atomic E-state index is 13.0. The fourth-order valence-electron chi connectivity index (χ4n) is 3.51. The van der Waals surface area contributed by atoms with Crippen LogP contribution in [0.2, 0.25) is 0 Å². The number of nitrogens with one attached hydrogen (secondary N) is 1. The summed E-state index contributed by atoms with van der Waals surface area (Å²) in [5.41, 5.74) is 3.24. The van der Waals surface area contributed by atoms with Crippen molar-refractivity contribution >= 4 is 32.5 Å². The van der Waals surface area contributed by atoms with Crippen LogP contribution < -0.4 is 5.32 Å². The van der Waals surface area contributed by atoms with E-state index >= 15 is 0 Å². The summed E-state index contributed by atoms with van der Waals surface area (Å²) >= 11 is 0. The van der Waals surface area contributed by atoms with E-state index in [1.165, 1.54) is 16.4 Å². The van der Waals surface area contributed by atoms with Gasteiger partial charge < -0.3 is 5.32 Å². The number of anilines is 1. The number of sulfonamides is 1. The Hall–Kier alpha value is -2.77. The van der Waals surface area contributed by atoms with Gasteiger partial charge in [-0.25, -0.2) is 8.42 Å². The van der Waals surface area contributed by atoms with Gasteiger partial charge in [-0.15, -0.1) is 0 Å². The summed E-state index contributed by atoms with van der Waals surface area (Å²) in [6, 6.07) is 14.0. The summed E-state index contributed by atoms with van der Waals surface area (Å²) in [6.45, 7) is 8.06. The highest BCUT2D eigenvalue weighted by molar-refractivity contribution is 7.89. The maximum absolute atomic E-state index is 13.0. The number of nitrogens with zero attached hydrogens (tertiary/aromatic N) is 2. The topological polar surface area (TPSA) is 79.4 Å². The third kappa shape index (κ3) is 4.02. The van der Waals surface area contributed by atoms with Crippen LogP contribution in [-0.4, -0.2) is 36.7 Å². The van der Waals surface area contributed by atoms with Gasteiger partial charge >= 0.3 is 0 Å². The van der Waals surface area contributed by atoms with Gasteiger partial charge in [0.2, 0.25) is 10.0 Å². The second-order valence-corrected chi connectivity index (χ2v) is 8.72. The van der Waals surface area contributed by atoms with Crippen molar-refractivity contribution in [3.05, 3.63) is 65.4 Å². The number of benzene rings is 2. The third-order valence-corrected chi connectivity index (χ3v) is 7.04.